The van der Waals surface area contributed by atoms with Crippen molar-refractivity contribution in [3.63, 3.8) is 0 Å². The first-order chi connectivity index (χ1) is 9.67. The molecule has 1 aromatic carbocycles. The summed E-state index contributed by atoms with van der Waals surface area (Å²) in [6, 6.07) is 6.93. The predicted octanol–water partition coefficient (Wildman–Crippen LogP) is 1.81. The van der Waals surface area contributed by atoms with Crippen molar-refractivity contribution >= 4 is 11.8 Å². The Hall–Kier alpha value is -2.04. The van der Waals surface area contributed by atoms with Crippen molar-refractivity contribution in [3.8, 4) is 5.75 Å². The Morgan fingerprint density at radius 3 is 2.38 bits per heavy atom. The molecule has 1 fully saturated rings. The molecular formula is C16H22N2O3. The van der Waals surface area contributed by atoms with Crippen LogP contribution in [0.25, 0.3) is 0 Å². The molecule has 114 valence electrons. The van der Waals surface area contributed by atoms with Crippen molar-refractivity contribution in [1.29, 1.82) is 0 Å². The van der Waals surface area contributed by atoms with Gasteiger partial charge in [-0.3, -0.25) is 9.59 Å². The number of carbonyl (C=O) groups excluding carboxylic acids is 2. The number of para-hydroxylation sites is 1. The molecule has 21 heavy (non-hydrogen) atoms. The number of amides is 2. The van der Waals surface area contributed by atoms with E-state index in [2.05, 4.69) is 27.7 Å². The molecule has 0 bridgehead atoms. The summed E-state index contributed by atoms with van der Waals surface area (Å²) in [5.41, 5.74) is 5.40. The van der Waals surface area contributed by atoms with Gasteiger partial charge in [-0.25, -0.2) is 0 Å². The lowest BCUT2D eigenvalue weighted by atomic mass is 9.65. The van der Waals surface area contributed by atoms with Crippen LogP contribution in [0.5, 0.6) is 5.75 Å². The van der Waals surface area contributed by atoms with E-state index >= 15 is 0 Å². The lowest BCUT2D eigenvalue weighted by Crippen LogP contribution is -2.70. The van der Waals surface area contributed by atoms with E-state index in [-0.39, 0.29) is 23.5 Å². The smallest absolute Gasteiger partial charge is 0.258 e. The van der Waals surface area contributed by atoms with E-state index in [0.29, 0.717) is 17.9 Å². The highest BCUT2D eigenvalue weighted by molar-refractivity contribution is 5.98. The largest absolute Gasteiger partial charge is 0.483 e. The Morgan fingerprint density at radius 2 is 1.86 bits per heavy atom. The quantitative estimate of drug-likeness (QED) is 0.919. The van der Waals surface area contributed by atoms with Gasteiger partial charge in [0.05, 0.1) is 5.56 Å². The summed E-state index contributed by atoms with van der Waals surface area (Å²) < 4.78 is 5.34. The molecule has 1 aromatic rings. The van der Waals surface area contributed by atoms with Crippen LogP contribution in [0.1, 0.15) is 38.1 Å². The maximum atomic E-state index is 12.7. The molecule has 1 aliphatic heterocycles. The average molecular weight is 290 g/mol. The fourth-order valence-electron chi connectivity index (χ4n) is 2.45. The van der Waals surface area contributed by atoms with Crippen molar-refractivity contribution in [1.82, 2.24) is 4.90 Å². The molecule has 0 spiro atoms. The zero-order chi connectivity index (χ0) is 15.8. The summed E-state index contributed by atoms with van der Waals surface area (Å²) in [7, 11) is 0. The van der Waals surface area contributed by atoms with Crippen LogP contribution in [-0.4, -0.2) is 35.4 Å². The normalized spacial score (nSPS) is 18.8. The predicted molar refractivity (Wildman–Crippen MR) is 80.0 cm³/mol. The maximum absolute atomic E-state index is 12.7. The van der Waals surface area contributed by atoms with Gasteiger partial charge in [0.1, 0.15) is 5.75 Å². The highest BCUT2D eigenvalue weighted by Gasteiger charge is 2.54. The van der Waals surface area contributed by atoms with E-state index in [4.69, 9.17) is 10.5 Å². The number of benzene rings is 1. The molecule has 5 nitrogen and oxygen atoms in total. The number of ether oxygens (including phenoxy) is 1. The molecule has 0 radical (unpaired) electrons. The first-order valence-corrected chi connectivity index (χ1v) is 6.99. The Labute approximate surface area is 125 Å². The van der Waals surface area contributed by atoms with E-state index in [9.17, 15) is 9.59 Å². The zero-order valence-electron chi connectivity index (χ0n) is 13.0. The van der Waals surface area contributed by atoms with Crippen LogP contribution >= 0.6 is 0 Å². The molecule has 1 saturated heterocycles. The molecule has 1 heterocycles. The highest BCUT2D eigenvalue weighted by atomic mass is 16.5. The fraction of sp³-hybridized carbons (Fsp3) is 0.500. The second-order valence-corrected chi connectivity index (χ2v) is 6.59. The Kier molecular flexibility index (Phi) is 3.70. The minimum absolute atomic E-state index is 0.0751. The number of hydrogen-bond donors (Lipinski definition) is 1. The highest BCUT2D eigenvalue weighted by Crippen LogP contribution is 2.47. The lowest BCUT2D eigenvalue weighted by Gasteiger charge is -2.61. The van der Waals surface area contributed by atoms with Gasteiger partial charge in [-0.05, 0) is 26.0 Å². The molecule has 0 aliphatic carbocycles. The van der Waals surface area contributed by atoms with Crippen LogP contribution in [0, 0.1) is 5.41 Å². The first-order valence-electron chi connectivity index (χ1n) is 6.99. The van der Waals surface area contributed by atoms with E-state index < -0.39 is 5.91 Å². The van der Waals surface area contributed by atoms with Crippen molar-refractivity contribution in [2.75, 3.05) is 13.2 Å². The standard InChI is InChI=1S/C16H22N2O3/c1-15(2)10-18(16(15,3)4)14(20)11-7-5-6-8-12(11)21-9-13(17)19/h5-8H,9-10H2,1-4H3,(H2,17,19). The van der Waals surface area contributed by atoms with Crippen LogP contribution in [-0.2, 0) is 4.79 Å². The molecule has 2 amide bonds. The van der Waals surface area contributed by atoms with E-state index in [1.807, 2.05) is 4.90 Å². The fourth-order valence-corrected chi connectivity index (χ4v) is 2.45. The van der Waals surface area contributed by atoms with Gasteiger partial charge >= 0.3 is 0 Å². The second kappa shape index (κ2) is 5.06. The molecule has 5 heteroatoms. The molecular weight excluding hydrogens is 268 g/mol. The summed E-state index contributed by atoms with van der Waals surface area (Å²) in [6.45, 7) is 8.86. The SMILES string of the molecule is CC1(C)CN(C(=O)c2ccccc2OCC(N)=O)C1(C)C. The molecule has 2 N–H and O–H groups in total. The van der Waals surface area contributed by atoms with Crippen LogP contribution in [0.4, 0.5) is 0 Å². The lowest BCUT2D eigenvalue weighted by molar-refractivity contribution is -0.120. The van der Waals surface area contributed by atoms with Gasteiger partial charge in [-0.2, -0.15) is 0 Å². The second-order valence-electron chi connectivity index (χ2n) is 6.59. The molecule has 0 atom stereocenters. The number of likely N-dealkylation sites (tertiary alicyclic amines) is 1. The monoisotopic (exact) mass is 290 g/mol. The summed E-state index contributed by atoms with van der Waals surface area (Å²) in [5.74, 6) is -0.260. The zero-order valence-corrected chi connectivity index (χ0v) is 13.0. The number of nitrogens with zero attached hydrogens (tertiary/aromatic N) is 1. The number of carbonyl (C=O) groups is 2. The number of nitrogens with two attached hydrogens (primary N) is 1. The van der Waals surface area contributed by atoms with Crippen LogP contribution in [0.2, 0.25) is 0 Å². The number of rotatable bonds is 4. The van der Waals surface area contributed by atoms with Crippen LogP contribution in [0.15, 0.2) is 24.3 Å². The summed E-state index contributed by atoms with van der Waals surface area (Å²) in [6.07, 6.45) is 0. The third-order valence-corrected chi connectivity index (χ3v) is 4.62. The van der Waals surface area contributed by atoms with Gasteiger partial charge in [0.15, 0.2) is 6.61 Å². The Balaban J connectivity index is 2.23. The Bertz CT molecular complexity index is 579. The minimum atomic E-state index is -0.567. The van der Waals surface area contributed by atoms with Crippen molar-refractivity contribution in [2.45, 2.75) is 33.2 Å². The number of hydrogen-bond acceptors (Lipinski definition) is 3. The van der Waals surface area contributed by atoms with Gasteiger partial charge < -0.3 is 15.4 Å². The summed E-state index contributed by atoms with van der Waals surface area (Å²) >= 11 is 0. The topological polar surface area (TPSA) is 72.6 Å². The van der Waals surface area contributed by atoms with Gasteiger partial charge in [0.2, 0.25) is 0 Å². The van der Waals surface area contributed by atoms with Crippen LogP contribution < -0.4 is 10.5 Å². The number of primary amides is 1. The maximum Gasteiger partial charge on any atom is 0.258 e. The molecule has 1 aliphatic rings. The first kappa shape index (κ1) is 15.4. The van der Waals surface area contributed by atoms with E-state index in [0.717, 1.165) is 0 Å². The molecule has 0 aromatic heterocycles. The molecule has 0 saturated carbocycles. The third-order valence-electron chi connectivity index (χ3n) is 4.62. The van der Waals surface area contributed by atoms with Gasteiger partial charge in [0.25, 0.3) is 11.8 Å². The minimum Gasteiger partial charge on any atom is -0.483 e. The van der Waals surface area contributed by atoms with Crippen molar-refractivity contribution in [3.05, 3.63) is 29.8 Å². The molecule has 0 unspecified atom stereocenters. The van der Waals surface area contributed by atoms with E-state index in [1.165, 1.54) is 0 Å². The van der Waals surface area contributed by atoms with Gasteiger partial charge in [-0.1, -0.05) is 26.0 Å². The van der Waals surface area contributed by atoms with Crippen molar-refractivity contribution < 1.29 is 14.3 Å². The van der Waals surface area contributed by atoms with Gasteiger partial charge in [0, 0.05) is 17.5 Å². The Morgan fingerprint density at radius 1 is 1.24 bits per heavy atom. The van der Waals surface area contributed by atoms with Gasteiger partial charge in [-0.15, -0.1) is 0 Å². The third kappa shape index (κ3) is 2.60. The molecule has 2 rings (SSSR count). The van der Waals surface area contributed by atoms with E-state index in [1.54, 1.807) is 24.3 Å². The summed E-state index contributed by atoms with van der Waals surface area (Å²) in [5, 5.41) is 0. The van der Waals surface area contributed by atoms with Crippen LogP contribution in [0.3, 0.4) is 0 Å². The summed E-state index contributed by atoms with van der Waals surface area (Å²) in [4.78, 5) is 25.4. The van der Waals surface area contributed by atoms with Crippen molar-refractivity contribution in [2.24, 2.45) is 11.1 Å². The average Bonchev–Trinajstić information content (AvgIpc) is 2.42.